The van der Waals surface area contributed by atoms with Crippen LogP contribution in [0.15, 0.2) is 48.5 Å². The lowest BCUT2D eigenvalue weighted by molar-refractivity contribution is -0.141. The van der Waals surface area contributed by atoms with Gasteiger partial charge in [0.25, 0.3) is 0 Å². The lowest BCUT2D eigenvalue weighted by atomic mass is 10.1. The van der Waals surface area contributed by atoms with E-state index in [1.165, 1.54) is 30.1 Å². The minimum Gasteiger partial charge on any atom is -0.357 e. The van der Waals surface area contributed by atoms with Crippen molar-refractivity contribution in [2.45, 2.75) is 38.8 Å². The van der Waals surface area contributed by atoms with Gasteiger partial charge in [-0.3, -0.25) is 13.9 Å². The van der Waals surface area contributed by atoms with Crippen molar-refractivity contribution in [1.29, 1.82) is 0 Å². The molecule has 2 rings (SSSR count). The highest BCUT2D eigenvalue weighted by Crippen LogP contribution is 2.23. The summed E-state index contributed by atoms with van der Waals surface area (Å²) < 4.78 is 39.7. The lowest BCUT2D eigenvalue weighted by Gasteiger charge is -2.31. The number of nitrogens with one attached hydrogen (secondary N) is 1. The first-order chi connectivity index (χ1) is 15.6. The van der Waals surface area contributed by atoms with Crippen molar-refractivity contribution in [3.63, 3.8) is 0 Å². The minimum absolute atomic E-state index is 0.0293. The number of sulfonamides is 1. The zero-order valence-corrected chi connectivity index (χ0v) is 20.5. The van der Waals surface area contributed by atoms with E-state index in [9.17, 15) is 22.4 Å². The highest BCUT2D eigenvalue weighted by atomic mass is 35.5. The van der Waals surface area contributed by atoms with Gasteiger partial charge in [-0.05, 0) is 36.6 Å². The number of carbonyl (C=O) groups is 2. The molecule has 2 aromatic rings. The summed E-state index contributed by atoms with van der Waals surface area (Å²) in [6, 6.07) is 11.9. The maximum absolute atomic E-state index is 14.2. The van der Waals surface area contributed by atoms with Gasteiger partial charge in [-0.25, -0.2) is 12.8 Å². The van der Waals surface area contributed by atoms with Crippen LogP contribution in [0.1, 0.15) is 31.7 Å². The van der Waals surface area contributed by atoms with Gasteiger partial charge in [0, 0.05) is 31.6 Å². The van der Waals surface area contributed by atoms with Crippen molar-refractivity contribution in [2.75, 3.05) is 24.2 Å². The molecule has 0 aromatic heterocycles. The predicted molar refractivity (Wildman–Crippen MR) is 128 cm³/mol. The van der Waals surface area contributed by atoms with Gasteiger partial charge in [-0.1, -0.05) is 48.9 Å². The van der Waals surface area contributed by atoms with Gasteiger partial charge in [-0.2, -0.15) is 0 Å². The molecule has 0 aliphatic carbocycles. The Morgan fingerprint density at radius 2 is 1.76 bits per heavy atom. The Morgan fingerprint density at radius 3 is 2.33 bits per heavy atom. The van der Waals surface area contributed by atoms with Crippen molar-refractivity contribution in [3.05, 3.63) is 64.9 Å². The summed E-state index contributed by atoms with van der Waals surface area (Å²) in [6.45, 7) is 1.85. The summed E-state index contributed by atoms with van der Waals surface area (Å²) in [6.07, 6.45) is 1.49. The molecule has 0 bridgehead atoms. The third-order valence-corrected chi connectivity index (χ3v) is 6.75. The normalized spacial score (nSPS) is 12.2. The standard InChI is InChI=1S/C23H29ClFN3O4S/c1-4-20(23(30)26-2)27(16-17-10-5-6-11-18(17)24)22(29)14-9-15-28(33(3,31)32)21-13-8-7-12-19(21)25/h5-8,10-13,20H,4,9,14-16H2,1-3H3,(H,26,30)/t20-/m0/s1. The van der Waals surface area contributed by atoms with Crippen LogP contribution < -0.4 is 9.62 Å². The molecule has 2 amide bonds. The van der Waals surface area contributed by atoms with Crippen molar-refractivity contribution in [3.8, 4) is 0 Å². The fourth-order valence-corrected chi connectivity index (χ4v) is 4.69. The number of benzene rings is 2. The molecule has 0 saturated heterocycles. The van der Waals surface area contributed by atoms with E-state index in [-0.39, 0.29) is 43.4 Å². The molecule has 0 unspecified atom stereocenters. The minimum atomic E-state index is -3.76. The fourth-order valence-electron chi connectivity index (χ4n) is 3.53. The molecule has 7 nitrogen and oxygen atoms in total. The number of rotatable bonds is 11. The molecule has 0 saturated carbocycles. The molecule has 0 heterocycles. The highest BCUT2D eigenvalue weighted by Gasteiger charge is 2.29. The van der Waals surface area contributed by atoms with Gasteiger partial charge in [-0.15, -0.1) is 0 Å². The van der Waals surface area contributed by atoms with E-state index < -0.39 is 21.9 Å². The van der Waals surface area contributed by atoms with Crippen molar-refractivity contribution >= 4 is 39.1 Å². The van der Waals surface area contributed by atoms with Gasteiger partial charge < -0.3 is 10.2 Å². The molecule has 0 radical (unpaired) electrons. The third kappa shape index (κ3) is 7.17. The van der Waals surface area contributed by atoms with Crippen LogP contribution in [0.2, 0.25) is 5.02 Å². The molecule has 0 fully saturated rings. The number of hydrogen-bond donors (Lipinski definition) is 1. The Hall–Kier alpha value is -2.65. The largest absolute Gasteiger partial charge is 0.357 e. The van der Waals surface area contributed by atoms with E-state index in [4.69, 9.17) is 11.6 Å². The first kappa shape index (κ1) is 26.6. The van der Waals surface area contributed by atoms with E-state index in [2.05, 4.69) is 5.32 Å². The average Bonchev–Trinajstić information content (AvgIpc) is 2.77. The second-order valence-corrected chi connectivity index (χ2v) is 9.86. The lowest BCUT2D eigenvalue weighted by Crippen LogP contribution is -2.48. The molecule has 10 heteroatoms. The van der Waals surface area contributed by atoms with E-state index >= 15 is 0 Å². The summed E-state index contributed by atoms with van der Waals surface area (Å²) in [4.78, 5) is 27.1. The molecular formula is C23H29ClFN3O4S. The quantitative estimate of drug-likeness (QED) is 0.514. The van der Waals surface area contributed by atoms with Crippen LogP contribution in [-0.4, -0.2) is 51.0 Å². The maximum Gasteiger partial charge on any atom is 0.242 e. The Balaban J connectivity index is 2.21. The number of carbonyl (C=O) groups excluding carboxylic acids is 2. The van der Waals surface area contributed by atoms with Crippen LogP contribution in [0.4, 0.5) is 10.1 Å². The molecule has 1 N–H and O–H groups in total. The van der Waals surface area contributed by atoms with Crippen molar-refractivity contribution < 1.29 is 22.4 Å². The fraction of sp³-hybridized carbons (Fsp3) is 0.391. The first-order valence-electron chi connectivity index (χ1n) is 10.6. The van der Waals surface area contributed by atoms with E-state index in [1.54, 1.807) is 37.3 Å². The number of halogens is 2. The van der Waals surface area contributed by atoms with Gasteiger partial charge in [0.15, 0.2) is 0 Å². The SMILES string of the molecule is CC[C@@H](C(=O)NC)N(Cc1ccccc1Cl)C(=O)CCCN(c1ccccc1F)S(C)(=O)=O. The van der Waals surface area contributed by atoms with Crippen LogP contribution in [0, 0.1) is 5.82 Å². The number of amides is 2. The van der Waals surface area contributed by atoms with Crippen LogP contribution >= 0.6 is 11.6 Å². The van der Waals surface area contributed by atoms with Crippen LogP contribution in [0.3, 0.4) is 0 Å². The monoisotopic (exact) mass is 497 g/mol. The number of para-hydroxylation sites is 1. The van der Waals surface area contributed by atoms with Gasteiger partial charge in [0.2, 0.25) is 21.8 Å². The van der Waals surface area contributed by atoms with E-state index in [0.717, 1.165) is 10.6 Å². The topological polar surface area (TPSA) is 86.8 Å². The van der Waals surface area contributed by atoms with Crippen LogP contribution in [0.25, 0.3) is 0 Å². The van der Waals surface area contributed by atoms with Gasteiger partial charge >= 0.3 is 0 Å². The number of nitrogens with zero attached hydrogens (tertiary/aromatic N) is 2. The predicted octanol–water partition coefficient (Wildman–Crippen LogP) is 3.58. The van der Waals surface area contributed by atoms with Crippen LogP contribution in [0.5, 0.6) is 0 Å². The summed E-state index contributed by atoms with van der Waals surface area (Å²) in [5, 5.41) is 3.06. The highest BCUT2D eigenvalue weighted by molar-refractivity contribution is 7.92. The molecule has 2 aromatic carbocycles. The average molecular weight is 498 g/mol. The zero-order chi connectivity index (χ0) is 24.6. The van der Waals surface area contributed by atoms with Crippen molar-refractivity contribution in [1.82, 2.24) is 10.2 Å². The molecule has 33 heavy (non-hydrogen) atoms. The summed E-state index contributed by atoms with van der Waals surface area (Å²) in [5.74, 6) is -1.30. The molecule has 0 aliphatic heterocycles. The Labute approximate surface area is 199 Å². The van der Waals surface area contributed by atoms with E-state index in [0.29, 0.717) is 17.0 Å². The number of hydrogen-bond acceptors (Lipinski definition) is 4. The Kier molecular flexibility index (Phi) is 9.67. The van der Waals surface area contributed by atoms with Gasteiger partial charge in [0.1, 0.15) is 11.9 Å². The summed E-state index contributed by atoms with van der Waals surface area (Å²) >= 11 is 6.27. The smallest absolute Gasteiger partial charge is 0.242 e. The number of anilines is 1. The molecule has 1 atom stereocenters. The third-order valence-electron chi connectivity index (χ3n) is 5.20. The number of likely N-dealkylation sites (N-methyl/N-ethyl adjacent to an activating group) is 1. The zero-order valence-electron chi connectivity index (χ0n) is 18.9. The Bertz CT molecular complexity index is 1080. The molecule has 0 aliphatic rings. The second kappa shape index (κ2) is 12.0. The molecule has 180 valence electrons. The summed E-state index contributed by atoms with van der Waals surface area (Å²) in [5.41, 5.74) is 0.621. The summed E-state index contributed by atoms with van der Waals surface area (Å²) in [7, 11) is -2.26. The molecular weight excluding hydrogens is 469 g/mol. The maximum atomic E-state index is 14.2. The van der Waals surface area contributed by atoms with Crippen molar-refractivity contribution in [2.24, 2.45) is 0 Å². The van der Waals surface area contributed by atoms with Crippen LogP contribution in [-0.2, 0) is 26.2 Å². The first-order valence-corrected chi connectivity index (χ1v) is 12.8. The van der Waals surface area contributed by atoms with Gasteiger partial charge in [0.05, 0.1) is 11.9 Å². The molecule has 0 spiro atoms. The Morgan fingerprint density at radius 1 is 1.12 bits per heavy atom. The second-order valence-electron chi connectivity index (χ2n) is 7.54. The van der Waals surface area contributed by atoms with E-state index in [1.807, 2.05) is 0 Å².